The summed E-state index contributed by atoms with van der Waals surface area (Å²) in [6.45, 7) is 0. The molecule has 9 heteroatoms. The van der Waals surface area contributed by atoms with Gasteiger partial charge < -0.3 is 0 Å². The van der Waals surface area contributed by atoms with Crippen LogP contribution in [0, 0.1) is 11.6 Å². The van der Waals surface area contributed by atoms with Gasteiger partial charge in [0.15, 0.2) is 9.84 Å². The van der Waals surface area contributed by atoms with Crippen molar-refractivity contribution in [2.24, 2.45) is 0 Å². The van der Waals surface area contributed by atoms with Crippen molar-refractivity contribution >= 4 is 78.5 Å². The van der Waals surface area contributed by atoms with Gasteiger partial charge in [-0.15, -0.1) is 0 Å². The molecule has 0 N–H and O–H groups in total. The quantitative estimate of drug-likeness (QED) is 0.183. The monoisotopic (exact) mass is 702 g/mol. The fraction of sp³-hybridized carbons (Fsp3) is 0.222. The van der Waals surface area contributed by atoms with Gasteiger partial charge in [0.2, 0.25) is 0 Å². The molecule has 0 atom stereocenters. The molecule has 0 heterocycles. The Morgan fingerprint density at radius 3 is 1.16 bits per heavy atom. The van der Waals surface area contributed by atoms with Crippen LogP contribution in [0.25, 0.3) is 22.3 Å². The topological polar surface area (TPSA) is 34.1 Å². The molecule has 4 aromatic rings. The van der Waals surface area contributed by atoms with Crippen LogP contribution in [0.1, 0.15) is 71.9 Å². The summed E-state index contributed by atoms with van der Waals surface area (Å²) in [4.78, 5) is 0. The summed E-state index contributed by atoms with van der Waals surface area (Å²) in [5.74, 6) is -2.31. The molecule has 0 saturated heterocycles. The molecule has 0 unspecified atom stereocenters. The van der Waals surface area contributed by atoms with Gasteiger partial charge >= 0.3 is 0 Å². The highest BCUT2D eigenvalue weighted by molar-refractivity contribution is 7.89. The normalized spacial score (nSPS) is 15.4. The zero-order valence-electron chi connectivity index (χ0n) is 24.1. The van der Waals surface area contributed by atoms with E-state index < -0.39 is 33.0 Å². The maximum Gasteiger partial charge on any atom is 0.158 e. The van der Waals surface area contributed by atoms with Crippen LogP contribution in [0.2, 0.25) is 20.1 Å². The summed E-state index contributed by atoms with van der Waals surface area (Å²) in [5, 5.41) is 2.10. The van der Waals surface area contributed by atoms with Crippen molar-refractivity contribution in [2.75, 3.05) is 0 Å². The molecule has 0 bridgehead atoms. The lowest BCUT2D eigenvalue weighted by atomic mass is 9.96. The van der Waals surface area contributed by atoms with Crippen molar-refractivity contribution < 1.29 is 17.2 Å². The van der Waals surface area contributed by atoms with Gasteiger partial charge in [0, 0.05) is 31.2 Å². The average molecular weight is 704 g/mol. The van der Waals surface area contributed by atoms with Crippen LogP contribution in [0.5, 0.6) is 0 Å². The van der Waals surface area contributed by atoms with Crippen LogP contribution in [0.4, 0.5) is 8.78 Å². The van der Waals surface area contributed by atoms with Gasteiger partial charge in [-0.25, -0.2) is 17.2 Å². The Bertz CT molecular complexity index is 1820. The first kappa shape index (κ1) is 32.3. The Hall–Kier alpha value is -2.67. The molecule has 232 valence electrons. The number of rotatable bonds is 8. The first-order chi connectivity index (χ1) is 21.5. The molecular formula is C36H28Cl4F2O2S. The smallest absolute Gasteiger partial charge is 0.158 e. The number of allylic oxidation sites excluding steroid dienone is 4. The minimum atomic E-state index is -3.89. The van der Waals surface area contributed by atoms with Crippen LogP contribution in [-0.2, 0) is 21.3 Å². The molecule has 2 aliphatic carbocycles. The standard InChI is InChI=1S/C36H28Cl4F2O2S/c37-27-11-25(12-28(38)17-27)33-5-1-3-31(33)21-7-9-23(35(41)15-21)19-45(43,44)20-24-10-8-22(16-36(24)42)32-4-2-6-34(32)26-13-29(39)18-30(40)14-26/h7-18H,1-6,19-20H2. The van der Waals surface area contributed by atoms with Gasteiger partial charge in [-0.05, 0) is 132 Å². The second kappa shape index (κ2) is 13.2. The number of hydrogen-bond donors (Lipinski definition) is 0. The van der Waals surface area contributed by atoms with E-state index >= 15 is 8.78 Å². The van der Waals surface area contributed by atoms with E-state index in [0.717, 1.165) is 71.9 Å². The molecular weight excluding hydrogens is 676 g/mol. The van der Waals surface area contributed by atoms with Gasteiger partial charge in [-0.2, -0.15) is 0 Å². The van der Waals surface area contributed by atoms with Gasteiger partial charge in [0.05, 0.1) is 11.5 Å². The predicted molar refractivity (Wildman–Crippen MR) is 183 cm³/mol. The molecule has 0 amide bonds. The zero-order chi connectivity index (χ0) is 31.9. The first-order valence-electron chi connectivity index (χ1n) is 14.6. The van der Waals surface area contributed by atoms with Gasteiger partial charge in [0.25, 0.3) is 0 Å². The Balaban J connectivity index is 1.21. The van der Waals surface area contributed by atoms with Crippen molar-refractivity contribution in [1.82, 2.24) is 0 Å². The summed E-state index contributed by atoms with van der Waals surface area (Å²) in [5.41, 5.74) is 7.35. The van der Waals surface area contributed by atoms with Crippen molar-refractivity contribution in [3.05, 3.63) is 138 Å². The predicted octanol–water partition coefficient (Wildman–Crippen LogP) is 11.9. The van der Waals surface area contributed by atoms with Crippen LogP contribution in [0.3, 0.4) is 0 Å². The van der Waals surface area contributed by atoms with E-state index in [-0.39, 0.29) is 11.1 Å². The largest absolute Gasteiger partial charge is 0.228 e. The Labute approximate surface area is 282 Å². The molecule has 6 rings (SSSR count). The third kappa shape index (κ3) is 7.34. The van der Waals surface area contributed by atoms with Crippen LogP contribution in [-0.4, -0.2) is 8.42 Å². The van der Waals surface area contributed by atoms with E-state index in [1.54, 1.807) is 24.3 Å². The minimum absolute atomic E-state index is 0.0441. The molecule has 0 saturated carbocycles. The maximum absolute atomic E-state index is 15.3. The first-order valence-corrected chi connectivity index (χ1v) is 17.9. The van der Waals surface area contributed by atoms with E-state index in [1.165, 1.54) is 24.3 Å². The van der Waals surface area contributed by atoms with Crippen molar-refractivity contribution in [1.29, 1.82) is 0 Å². The third-order valence-corrected chi connectivity index (χ3v) is 10.8. The van der Waals surface area contributed by atoms with Crippen molar-refractivity contribution in [2.45, 2.75) is 50.0 Å². The molecule has 0 aromatic heterocycles. The van der Waals surface area contributed by atoms with E-state index in [1.807, 2.05) is 24.3 Å². The van der Waals surface area contributed by atoms with Gasteiger partial charge in [-0.3, -0.25) is 0 Å². The molecule has 2 nitrogen and oxygen atoms in total. The SMILES string of the molecule is O=S(=O)(Cc1ccc(C2=C(c3cc(Cl)cc(Cl)c3)CCC2)cc1F)Cc1ccc(C2=C(c3cc(Cl)cc(Cl)c3)CCC2)cc1F. The van der Waals surface area contributed by atoms with E-state index in [9.17, 15) is 8.42 Å². The number of hydrogen-bond acceptors (Lipinski definition) is 2. The third-order valence-electron chi connectivity index (χ3n) is 8.41. The fourth-order valence-corrected chi connectivity index (χ4v) is 9.02. The van der Waals surface area contributed by atoms with E-state index in [2.05, 4.69) is 0 Å². The molecule has 0 aliphatic heterocycles. The van der Waals surface area contributed by atoms with Crippen molar-refractivity contribution in [3.63, 3.8) is 0 Å². The van der Waals surface area contributed by atoms with Crippen LogP contribution < -0.4 is 0 Å². The summed E-state index contributed by atoms with van der Waals surface area (Å²) < 4.78 is 57.0. The average Bonchev–Trinajstić information content (AvgIpc) is 3.65. The maximum atomic E-state index is 15.3. The Kier molecular flexibility index (Phi) is 9.48. The Morgan fingerprint density at radius 1 is 0.489 bits per heavy atom. The van der Waals surface area contributed by atoms with Crippen LogP contribution in [0.15, 0.2) is 72.8 Å². The lowest BCUT2D eigenvalue weighted by molar-refractivity contribution is 0.580. The molecule has 4 aromatic carbocycles. The highest BCUT2D eigenvalue weighted by Crippen LogP contribution is 2.43. The van der Waals surface area contributed by atoms with E-state index in [4.69, 9.17) is 46.4 Å². The van der Waals surface area contributed by atoms with Crippen LogP contribution >= 0.6 is 46.4 Å². The number of sulfone groups is 1. The zero-order valence-corrected chi connectivity index (χ0v) is 27.9. The molecule has 0 fully saturated rings. The second-order valence-corrected chi connectivity index (χ2v) is 15.4. The number of halogens is 6. The highest BCUT2D eigenvalue weighted by Gasteiger charge is 2.23. The molecule has 45 heavy (non-hydrogen) atoms. The summed E-state index contributed by atoms with van der Waals surface area (Å²) >= 11 is 24.9. The highest BCUT2D eigenvalue weighted by atomic mass is 35.5. The lowest BCUT2D eigenvalue weighted by Gasteiger charge is -2.13. The van der Waals surface area contributed by atoms with Gasteiger partial charge in [-0.1, -0.05) is 70.7 Å². The van der Waals surface area contributed by atoms with Crippen molar-refractivity contribution in [3.8, 4) is 0 Å². The number of benzene rings is 4. The Morgan fingerprint density at radius 2 is 0.822 bits per heavy atom. The van der Waals surface area contributed by atoms with E-state index in [0.29, 0.717) is 31.2 Å². The molecule has 2 aliphatic rings. The summed E-state index contributed by atoms with van der Waals surface area (Å²) in [6, 6.07) is 20.0. The summed E-state index contributed by atoms with van der Waals surface area (Å²) in [7, 11) is -3.89. The van der Waals surface area contributed by atoms with Gasteiger partial charge in [0.1, 0.15) is 11.6 Å². The fourth-order valence-electron chi connectivity index (χ4n) is 6.45. The second-order valence-electron chi connectivity index (χ2n) is 11.6. The molecule has 0 radical (unpaired) electrons. The lowest BCUT2D eigenvalue weighted by Crippen LogP contribution is -2.10. The molecule has 0 spiro atoms. The summed E-state index contributed by atoms with van der Waals surface area (Å²) in [6.07, 6.45) is 4.95. The minimum Gasteiger partial charge on any atom is -0.228 e.